The Balaban J connectivity index is 1.50. The first-order chi connectivity index (χ1) is 9.34. The zero-order valence-electron chi connectivity index (χ0n) is 11.0. The van der Waals surface area contributed by atoms with Gasteiger partial charge in [-0.2, -0.15) is 0 Å². The number of hydrogen-bond acceptors (Lipinski definition) is 2. The molecule has 0 N–H and O–H groups in total. The topological polar surface area (TPSA) is 21.8 Å². The highest BCUT2D eigenvalue weighted by Gasteiger charge is 2.40. The average molecular weight is 254 g/mol. The van der Waals surface area contributed by atoms with Gasteiger partial charge in [0.05, 0.1) is 12.7 Å². The van der Waals surface area contributed by atoms with Crippen LogP contribution in [0.3, 0.4) is 0 Å². The van der Waals surface area contributed by atoms with Gasteiger partial charge in [-0.1, -0.05) is 60.7 Å². The predicted octanol–water partition coefficient (Wildman–Crippen LogP) is 3.90. The van der Waals surface area contributed by atoms with Crippen molar-refractivity contribution in [2.24, 2.45) is 0 Å². The van der Waals surface area contributed by atoms with Crippen LogP contribution in [0.2, 0.25) is 0 Å². The summed E-state index contributed by atoms with van der Waals surface area (Å²) < 4.78 is 11.5. The second-order valence-electron chi connectivity index (χ2n) is 4.89. The molecule has 19 heavy (non-hydrogen) atoms. The summed E-state index contributed by atoms with van der Waals surface area (Å²) in [5.41, 5.74) is 2.45. The molecule has 0 radical (unpaired) electrons. The summed E-state index contributed by atoms with van der Waals surface area (Å²) in [7, 11) is 0. The summed E-state index contributed by atoms with van der Waals surface area (Å²) in [6.45, 7) is 2.73. The average Bonchev–Trinajstić information content (AvgIpc) is 3.26. The molecule has 1 heterocycles. The molecule has 0 aromatic heterocycles. The van der Waals surface area contributed by atoms with Crippen molar-refractivity contribution in [2.75, 3.05) is 6.61 Å². The van der Waals surface area contributed by atoms with Crippen LogP contribution in [0, 0.1) is 0 Å². The summed E-state index contributed by atoms with van der Waals surface area (Å²) in [6.07, 6.45) is 0.527. The lowest BCUT2D eigenvalue weighted by molar-refractivity contribution is 0.0540. The van der Waals surface area contributed by atoms with E-state index in [1.54, 1.807) is 0 Å². The molecule has 3 rings (SSSR count). The van der Waals surface area contributed by atoms with Gasteiger partial charge < -0.3 is 9.47 Å². The summed E-state index contributed by atoms with van der Waals surface area (Å²) in [5, 5.41) is 0. The highest BCUT2D eigenvalue weighted by molar-refractivity contribution is 5.22. The van der Waals surface area contributed by atoms with E-state index in [0.29, 0.717) is 6.61 Å². The van der Waals surface area contributed by atoms with Crippen LogP contribution in [0.5, 0.6) is 0 Å². The third-order valence-electron chi connectivity index (χ3n) is 3.49. The van der Waals surface area contributed by atoms with Crippen molar-refractivity contribution < 1.29 is 9.47 Å². The van der Waals surface area contributed by atoms with Crippen molar-refractivity contribution in [3.05, 3.63) is 71.8 Å². The van der Waals surface area contributed by atoms with Crippen LogP contribution in [0.1, 0.15) is 30.3 Å². The van der Waals surface area contributed by atoms with Crippen LogP contribution in [0.4, 0.5) is 0 Å². The summed E-state index contributed by atoms with van der Waals surface area (Å²) in [4.78, 5) is 0. The molecule has 0 aliphatic carbocycles. The summed E-state index contributed by atoms with van der Waals surface area (Å²) >= 11 is 0. The molecule has 2 aromatic carbocycles. The first-order valence-corrected chi connectivity index (χ1v) is 6.71. The van der Waals surface area contributed by atoms with Crippen molar-refractivity contribution in [1.29, 1.82) is 0 Å². The fourth-order valence-electron chi connectivity index (χ4n) is 2.27. The van der Waals surface area contributed by atoms with E-state index in [1.165, 1.54) is 11.1 Å². The van der Waals surface area contributed by atoms with Crippen LogP contribution in [-0.2, 0) is 9.47 Å². The molecule has 0 saturated carbocycles. The van der Waals surface area contributed by atoms with Crippen LogP contribution >= 0.6 is 0 Å². The first kappa shape index (κ1) is 12.4. The van der Waals surface area contributed by atoms with Crippen molar-refractivity contribution in [3.8, 4) is 0 Å². The van der Waals surface area contributed by atoms with E-state index in [9.17, 15) is 0 Å². The van der Waals surface area contributed by atoms with Crippen LogP contribution in [-0.4, -0.2) is 12.7 Å². The van der Waals surface area contributed by atoms with Gasteiger partial charge in [-0.05, 0) is 18.1 Å². The fraction of sp³-hybridized carbons (Fsp3) is 0.294. The van der Waals surface area contributed by atoms with E-state index in [4.69, 9.17) is 9.47 Å². The molecule has 98 valence electrons. The van der Waals surface area contributed by atoms with E-state index >= 15 is 0 Å². The molecule has 2 nitrogen and oxygen atoms in total. The second-order valence-corrected chi connectivity index (χ2v) is 4.89. The van der Waals surface area contributed by atoms with E-state index in [2.05, 4.69) is 31.2 Å². The van der Waals surface area contributed by atoms with Gasteiger partial charge in [-0.15, -0.1) is 0 Å². The van der Waals surface area contributed by atoms with Gasteiger partial charge in [0, 0.05) is 0 Å². The highest BCUT2D eigenvalue weighted by Crippen LogP contribution is 2.39. The molecular formula is C17H18O2. The Morgan fingerprint density at radius 1 is 1.00 bits per heavy atom. The number of hydrogen-bond donors (Lipinski definition) is 0. The smallest absolute Gasteiger partial charge is 0.112 e. The van der Waals surface area contributed by atoms with Gasteiger partial charge in [0.15, 0.2) is 0 Å². The normalized spacial score (nSPS) is 23.0. The lowest BCUT2D eigenvalue weighted by Gasteiger charge is -2.12. The minimum atomic E-state index is 0.113. The van der Waals surface area contributed by atoms with Crippen molar-refractivity contribution in [1.82, 2.24) is 0 Å². The second kappa shape index (κ2) is 5.55. The number of rotatable bonds is 5. The summed E-state index contributed by atoms with van der Waals surface area (Å²) in [6, 6.07) is 20.6. The number of ether oxygens (including phenoxy) is 2. The van der Waals surface area contributed by atoms with Crippen molar-refractivity contribution in [2.45, 2.75) is 25.2 Å². The monoisotopic (exact) mass is 254 g/mol. The fourth-order valence-corrected chi connectivity index (χ4v) is 2.27. The van der Waals surface area contributed by atoms with E-state index < -0.39 is 0 Å². The van der Waals surface area contributed by atoms with Gasteiger partial charge in [0.1, 0.15) is 12.2 Å². The van der Waals surface area contributed by atoms with Crippen LogP contribution in [0.25, 0.3) is 0 Å². The van der Waals surface area contributed by atoms with Crippen molar-refractivity contribution >= 4 is 0 Å². The van der Waals surface area contributed by atoms with Crippen molar-refractivity contribution in [3.63, 3.8) is 0 Å². The lowest BCUT2D eigenvalue weighted by Crippen LogP contribution is -2.06. The van der Waals surface area contributed by atoms with Crippen LogP contribution < -0.4 is 0 Å². The maximum absolute atomic E-state index is 5.88. The molecule has 2 aromatic rings. The van der Waals surface area contributed by atoms with Gasteiger partial charge in [0.25, 0.3) is 0 Å². The third kappa shape index (κ3) is 3.03. The molecule has 0 spiro atoms. The van der Waals surface area contributed by atoms with Gasteiger partial charge >= 0.3 is 0 Å². The molecule has 1 fully saturated rings. The Bertz CT molecular complexity index is 509. The van der Waals surface area contributed by atoms with Crippen LogP contribution in [0.15, 0.2) is 60.7 Å². The number of benzene rings is 2. The molecule has 0 bridgehead atoms. The van der Waals surface area contributed by atoms with E-state index in [-0.39, 0.29) is 18.3 Å². The highest BCUT2D eigenvalue weighted by atomic mass is 16.6. The van der Waals surface area contributed by atoms with E-state index in [0.717, 1.165) is 0 Å². The third-order valence-corrected chi connectivity index (χ3v) is 3.49. The Kier molecular flexibility index (Phi) is 3.62. The van der Waals surface area contributed by atoms with Gasteiger partial charge in [0.2, 0.25) is 0 Å². The SMILES string of the molecule is CC(OC[C@H]1O[C@@H]1c1ccccc1)c1ccccc1. The summed E-state index contributed by atoms with van der Waals surface area (Å²) in [5.74, 6) is 0. The quantitative estimate of drug-likeness (QED) is 0.755. The minimum absolute atomic E-state index is 0.113. The molecule has 1 aliphatic rings. The molecule has 1 unspecified atom stereocenters. The zero-order valence-corrected chi connectivity index (χ0v) is 11.0. The molecule has 1 saturated heterocycles. The number of epoxide rings is 1. The van der Waals surface area contributed by atoms with E-state index in [1.807, 2.05) is 36.4 Å². The first-order valence-electron chi connectivity index (χ1n) is 6.71. The Hall–Kier alpha value is -1.64. The Labute approximate surface area is 114 Å². The minimum Gasteiger partial charge on any atom is -0.371 e. The maximum atomic E-state index is 5.88. The van der Waals surface area contributed by atoms with Gasteiger partial charge in [-0.25, -0.2) is 0 Å². The standard InChI is InChI=1S/C17H18O2/c1-13(14-8-4-2-5-9-14)18-12-16-17(19-16)15-10-6-3-7-11-15/h2-11,13,16-17H,12H2,1H3/t13?,16-,17-/m1/s1. The molecular weight excluding hydrogens is 236 g/mol. The predicted molar refractivity (Wildman–Crippen MR) is 74.9 cm³/mol. The molecule has 0 amide bonds. The zero-order chi connectivity index (χ0) is 13.1. The Morgan fingerprint density at radius 3 is 2.32 bits per heavy atom. The maximum Gasteiger partial charge on any atom is 0.112 e. The molecule has 2 heteroatoms. The lowest BCUT2D eigenvalue weighted by atomic mass is 10.1. The Morgan fingerprint density at radius 2 is 1.63 bits per heavy atom. The largest absolute Gasteiger partial charge is 0.371 e. The van der Waals surface area contributed by atoms with Gasteiger partial charge in [-0.3, -0.25) is 0 Å². The molecule has 3 atom stereocenters. The molecule has 1 aliphatic heterocycles.